The predicted molar refractivity (Wildman–Crippen MR) is 89.2 cm³/mol. The molecule has 116 valence electrons. The number of anilines is 1. The summed E-state index contributed by atoms with van der Waals surface area (Å²) in [6.07, 6.45) is -0.477. The number of rotatable bonds is 6. The molecular formula is C17H19ClN2O2. The van der Waals surface area contributed by atoms with E-state index in [-0.39, 0.29) is 0 Å². The minimum atomic E-state index is -0.477. The fourth-order valence-electron chi connectivity index (χ4n) is 1.99. The summed E-state index contributed by atoms with van der Waals surface area (Å²) in [6, 6.07) is 17.1. The van der Waals surface area contributed by atoms with E-state index >= 15 is 0 Å². The molecule has 4 nitrogen and oxygen atoms in total. The van der Waals surface area contributed by atoms with E-state index in [1.165, 1.54) is 5.56 Å². The molecule has 0 spiro atoms. The molecule has 2 aromatic carbocycles. The lowest BCUT2D eigenvalue weighted by Gasteiger charge is -2.16. The number of hydrogen-bond donors (Lipinski definition) is 1. The number of halogens is 1. The maximum absolute atomic E-state index is 11.7. The van der Waals surface area contributed by atoms with Crippen LogP contribution in [-0.2, 0) is 11.3 Å². The number of amides is 1. The molecule has 0 saturated heterocycles. The van der Waals surface area contributed by atoms with Crippen molar-refractivity contribution in [1.82, 2.24) is 4.90 Å². The van der Waals surface area contributed by atoms with Crippen LogP contribution >= 0.6 is 11.6 Å². The summed E-state index contributed by atoms with van der Waals surface area (Å²) in [5.74, 6) is 0. The van der Waals surface area contributed by atoms with Crippen molar-refractivity contribution in [3.63, 3.8) is 0 Å². The van der Waals surface area contributed by atoms with Crippen molar-refractivity contribution in [1.29, 1.82) is 0 Å². The van der Waals surface area contributed by atoms with Crippen LogP contribution in [0.1, 0.15) is 5.56 Å². The van der Waals surface area contributed by atoms with Crippen molar-refractivity contribution in [2.45, 2.75) is 6.54 Å². The Morgan fingerprint density at radius 1 is 1.18 bits per heavy atom. The number of nitrogens with one attached hydrogen (secondary N) is 1. The summed E-state index contributed by atoms with van der Waals surface area (Å²) in [5, 5.41) is 3.21. The summed E-state index contributed by atoms with van der Waals surface area (Å²) < 4.78 is 5.16. The van der Waals surface area contributed by atoms with Crippen LogP contribution in [0.5, 0.6) is 0 Å². The molecular weight excluding hydrogens is 300 g/mol. The van der Waals surface area contributed by atoms with Crippen molar-refractivity contribution >= 4 is 23.4 Å². The van der Waals surface area contributed by atoms with Gasteiger partial charge in [0.05, 0.1) is 0 Å². The van der Waals surface area contributed by atoms with E-state index in [1.54, 1.807) is 24.3 Å². The van der Waals surface area contributed by atoms with Crippen LogP contribution in [0.2, 0.25) is 5.02 Å². The van der Waals surface area contributed by atoms with Crippen LogP contribution in [0.25, 0.3) is 0 Å². The Kier molecular flexibility index (Phi) is 6.25. The number of hydrogen-bond acceptors (Lipinski definition) is 3. The Hall–Kier alpha value is -2.04. The topological polar surface area (TPSA) is 41.6 Å². The van der Waals surface area contributed by atoms with Gasteiger partial charge < -0.3 is 4.74 Å². The second-order valence-corrected chi connectivity index (χ2v) is 5.43. The highest BCUT2D eigenvalue weighted by Gasteiger charge is 2.05. The Balaban J connectivity index is 1.68. The Labute approximate surface area is 135 Å². The van der Waals surface area contributed by atoms with E-state index in [9.17, 15) is 4.79 Å². The highest BCUT2D eigenvalue weighted by molar-refractivity contribution is 6.30. The molecule has 5 heteroatoms. The number of ether oxygens (including phenoxy) is 1. The van der Waals surface area contributed by atoms with Crippen LogP contribution in [0.15, 0.2) is 54.6 Å². The van der Waals surface area contributed by atoms with E-state index in [4.69, 9.17) is 16.3 Å². The fourth-order valence-corrected chi connectivity index (χ4v) is 2.18. The first-order valence-electron chi connectivity index (χ1n) is 7.05. The van der Waals surface area contributed by atoms with Crippen molar-refractivity contribution in [3.05, 3.63) is 65.2 Å². The molecule has 1 amide bonds. The van der Waals surface area contributed by atoms with Crippen molar-refractivity contribution in [2.24, 2.45) is 0 Å². The van der Waals surface area contributed by atoms with Gasteiger partial charge in [-0.25, -0.2) is 4.79 Å². The second-order valence-electron chi connectivity index (χ2n) is 4.99. The van der Waals surface area contributed by atoms with Gasteiger partial charge in [-0.05, 0) is 30.8 Å². The maximum atomic E-state index is 11.7. The van der Waals surface area contributed by atoms with Gasteiger partial charge in [0.25, 0.3) is 0 Å². The van der Waals surface area contributed by atoms with Gasteiger partial charge in [0.2, 0.25) is 0 Å². The number of benzene rings is 2. The molecule has 0 atom stereocenters. The van der Waals surface area contributed by atoms with Crippen LogP contribution in [-0.4, -0.2) is 31.2 Å². The van der Waals surface area contributed by atoms with E-state index in [0.717, 1.165) is 6.54 Å². The minimum absolute atomic E-state index is 0.329. The largest absolute Gasteiger partial charge is 0.448 e. The van der Waals surface area contributed by atoms with Crippen molar-refractivity contribution < 1.29 is 9.53 Å². The molecule has 0 radical (unpaired) electrons. The molecule has 1 N–H and O–H groups in total. The molecule has 2 aromatic rings. The summed E-state index contributed by atoms with van der Waals surface area (Å²) in [7, 11) is 1.99. The Bertz CT molecular complexity index is 605. The van der Waals surface area contributed by atoms with E-state index in [0.29, 0.717) is 23.9 Å². The van der Waals surface area contributed by atoms with Gasteiger partial charge in [-0.3, -0.25) is 10.2 Å². The van der Waals surface area contributed by atoms with Gasteiger partial charge in [0.15, 0.2) is 0 Å². The summed E-state index contributed by atoms with van der Waals surface area (Å²) >= 11 is 5.85. The minimum Gasteiger partial charge on any atom is -0.448 e. The van der Waals surface area contributed by atoms with Crippen LogP contribution < -0.4 is 5.32 Å². The standard InChI is InChI=1S/C17H19ClN2O2/c1-20(13-14-6-3-2-4-7-14)10-11-22-17(21)19-16-9-5-8-15(18)12-16/h2-9,12H,10-11,13H2,1H3,(H,19,21). The first-order chi connectivity index (χ1) is 10.6. The number of likely N-dealkylation sites (N-methyl/N-ethyl adjacent to an activating group) is 1. The molecule has 0 unspecified atom stereocenters. The van der Waals surface area contributed by atoms with E-state index in [1.807, 2.05) is 25.2 Å². The molecule has 0 saturated carbocycles. The fraction of sp³-hybridized carbons (Fsp3) is 0.235. The van der Waals surface area contributed by atoms with Gasteiger partial charge in [0, 0.05) is 23.8 Å². The van der Waals surface area contributed by atoms with E-state index < -0.39 is 6.09 Å². The lowest BCUT2D eigenvalue weighted by atomic mass is 10.2. The third-order valence-corrected chi connectivity index (χ3v) is 3.31. The molecule has 0 aliphatic rings. The van der Waals surface area contributed by atoms with Gasteiger partial charge in [-0.1, -0.05) is 48.0 Å². The number of nitrogens with zero attached hydrogens (tertiary/aromatic N) is 1. The van der Waals surface area contributed by atoms with Crippen LogP contribution in [0.4, 0.5) is 10.5 Å². The lowest BCUT2D eigenvalue weighted by Crippen LogP contribution is -2.25. The van der Waals surface area contributed by atoms with Crippen LogP contribution in [0, 0.1) is 0 Å². The molecule has 2 rings (SSSR count). The smallest absolute Gasteiger partial charge is 0.411 e. The third kappa shape index (κ3) is 5.76. The zero-order chi connectivity index (χ0) is 15.8. The first-order valence-corrected chi connectivity index (χ1v) is 7.43. The average Bonchev–Trinajstić information content (AvgIpc) is 2.48. The Morgan fingerprint density at radius 2 is 1.95 bits per heavy atom. The zero-order valence-corrected chi connectivity index (χ0v) is 13.2. The van der Waals surface area contributed by atoms with Crippen molar-refractivity contribution in [3.8, 4) is 0 Å². The highest BCUT2D eigenvalue weighted by atomic mass is 35.5. The molecule has 0 aromatic heterocycles. The molecule has 22 heavy (non-hydrogen) atoms. The molecule has 0 heterocycles. The quantitative estimate of drug-likeness (QED) is 0.874. The zero-order valence-electron chi connectivity index (χ0n) is 12.5. The van der Waals surface area contributed by atoms with E-state index in [2.05, 4.69) is 22.3 Å². The second kappa shape index (κ2) is 8.41. The van der Waals surface area contributed by atoms with Gasteiger partial charge >= 0.3 is 6.09 Å². The number of carbonyl (C=O) groups is 1. The molecule has 0 bridgehead atoms. The number of carbonyl (C=O) groups excluding carboxylic acids is 1. The summed E-state index contributed by atoms with van der Waals surface area (Å²) in [4.78, 5) is 13.8. The SMILES string of the molecule is CN(CCOC(=O)Nc1cccc(Cl)c1)Cc1ccccc1. The summed E-state index contributed by atoms with van der Waals surface area (Å²) in [5.41, 5.74) is 1.85. The molecule has 0 fully saturated rings. The summed E-state index contributed by atoms with van der Waals surface area (Å²) in [6.45, 7) is 1.81. The first kappa shape index (κ1) is 16.3. The van der Waals surface area contributed by atoms with Crippen molar-refractivity contribution in [2.75, 3.05) is 25.5 Å². The predicted octanol–water partition coefficient (Wildman–Crippen LogP) is 4.02. The molecule has 0 aliphatic heterocycles. The molecule has 0 aliphatic carbocycles. The third-order valence-electron chi connectivity index (χ3n) is 3.07. The van der Waals surface area contributed by atoms with Gasteiger partial charge in [-0.2, -0.15) is 0 Å². The normalized spacial score (nSPS) is 10.5. The van der Waals surface area contributed by atoms with Crippen LogP contribution in [0.3, 0.4) is 0 Å². The van der Waals surface area contributed by atoms with Gasteiger partial charge in [0.1, 0.15) is 6.61 Å². The lowest BCUT2D eigenvalue weighted by molar-refractivity contribution is 0.145. The monoisotopic (exact) mass is 318 g/mol. The maximum Gasteiger partial charge on any atom is 0.411 e. The average molecular weight is 319 g/mol. The highest BCUT2D eigenvalue weighted by Crippen LogP contribution is 2.14. The Morgan fingerprint density at radius 3 is 2.68 bits per heavy atom. The van der Waals surface area contributed by atoms with Gasteiger partial charge in [-0.15, -0.1) is 0 Å².